The normalized spacial score (nSPS) is 10.0. The molecule has 0 aliphatic heterocycles. The van der Waals surface area contributed by atoms with Gasteiger partial charge in [0, 0.05) is 10.7 Å². The van der Waals surface area contributed by atoms with Gasteiger partial charge in [-0.15, -0.1) is 0 Å². The van der Waals surface area contributed by atoms with Gasteiger partial charge in [0.25, 0.3) is 0 Å². The molecular weight excluding hydrogens is 332 g/mol. The summed E-state index contributed by atoms with van der Waals surface area (Å²) in [6.07, 6.45) is 0.238. The molecule has 23 heavy (non-hydrogen) atoms. The molecule has 2 rings (SSSR count). The Kier molecular flexibility index (Phi) is 6.38. The van der Waals surface area contributed by atoms with Gasteiger partial charge >= 0.3 is 0 Å². The van der Waals surface area contributed by atoms with Gasteiger partial charge in [0.1, 0.15) is 5.75 Å². The van der Waals surface area contributed by atoms with E-state index in [2.05, 4.69) is 10.6 Å². The van der Waals surface area contributed by atoms with Crippen molar-refractivity contribution in [1.82, 2.24) is 5.32 Å². The number of nitrogens with one attached hydrogen (secondary N) is 2. The first-order chi connectivity index (χ1) is 11.1. The topological polar surface area (TPSA) is 50.4 Å². The van der Waals surface area contributed by atoms with Gasteiger partial charge in [0.2, 0.25) is 5.91 Å². The van der Waals surface area contributed by atoms with Gasteiger partial charge < -0.3 is 15.4 Å². The van der Waals surface area contributed by atoms with Crippen molar-refractivity contribution < 1.29 is 9.53 Å². The molecule has 0 fully saturated rings. The van der Waals surface area contributed by atoms with Crippen LogP contribution in [0.25, 0.3) is 0 Å². The average Bonchev–Trinajstić information content (AvgIpc) is 2.51. The summed E-state index contributed by atoms with van der Waals surface area (Å²) in [5.74, 6) is 0.603. The van der Waals surface area contributed by atoms with E-state index in [9.17, 15) is 4.79 Å². The van der Waals surface area contributed by atoms with Crippen LogP contribution in [0, 0.1) is 0 Å². The molecule has 0 heterocycles. The van der Waals surface area contributed by atoms with Crippen LogP contribution in [-0.2, 0) is 11.2 Å². The van der Waals surface area contributed by atoms with Gasteiger partial charge in [0.05, 0.1) is 13.0 Å². The SMILES string of the molecule is CCOc1ccc(NC(=S)NC(=O)Cc2ccc(Cl)cc2)cc1. The summed E-state index contributed by atoms with van der Waals surface area (Å²) >= 11 is 11.0. The smallest absolute Gasteiger partial charge is 0.230 e. The van der Waals surface area contributed by atoms with Crippen LogP contribution in [0.2, 0.25) is 5.02 Å². The first-order valence-corrected chi connectivity index (χ1v) is 7.93. The largest absolute Gasteiger partial charge is 0.494 e. The van der Waals surface area contributed by atoms with Crippen LogP contribution < -0.4 is 15.4 Å². The van der Waals surface area contributed by atoms with Gasteiger partial charge in [-0.25, -0.2) is 0 Å². The molecule has 120 valence electrons. The highest BCUT2D eigenvalue weighted by atomic mass is 35.5. The van der Waals surface area contributed by atoms with E-state index >= 15 is 0 Å². The van der Waals surface area contributed by atoms with Crippen molar-refractivity contribution in [2.45, 2.75) is 13.3 Å². The minimum absolute atomic E-state index is 0.184. The number of hydrogen-bond acceptors (Lipinski definition) is 3. The van der Waals surface area contributed by atoms with E-state index in [0.29, 0.717) is 11.6 Å². The molecule has 0 bridgehead atoms. The summed E-state index contributed by atoms with van der Waals surface area (Å²) in [5, 5.41) is 6.51. The fraction of sp³-hybridized carbons (Fsp3) is 0.176. The van der Waals surface area contributed by atoms with Crippen molar-refractivity contribution in [3.05, 3.63) is 59.1 Å². The number of rotatable bonds is 5. The van der Waals surface area contributed by atoms with Crippen molar-refractivity contribution in [2.75, 3.05) is 11.9 Å². The highest BCUT2D eigenvalue weighted by Crippen LogP contribution is 2.15. The quantitative estimate of drug-likeness (QED) is 0.807. The molecule has 0 saturated carbocycles. The van der Waals surface area contributed by atoms with Gasteiger partial charge in [-0.2, -0.15) is 0 Å². The molecule has 4 nitrogen and oxygen atoms in total. The number of amides is 1. The molecular formula is C17H17ClN2O2S. The van der Waals surface area contributed by atoms with E-state index < -0.39 is 0 Å². The fourth-order valence-electron chi connectivity index (χ4n) is 1.92. The summed E-state index contributed by atoms with van der Waals surface area (Å²) in [7, 11) is 0. The van der Waals surface area contributed by atoms with E-state index in [0.717, 1.165) is 17.0 Å². The molecule has 0 aliphatic carbocycles. The Morgan fingerprint density at radius 3 is 2.39 bits per heavy atom. The van der Waals surface area contributed by atoms with Crippen LogP contribution >= 0.6 is 23.8 Å². The minimum atomic E-state index is -0.184. The van der Waals surface area contributed by atoms with E-state index in [1.807, 2.05) is 43.3 Å². The lowest BCUT2D eigenvalue weighted by molar-refractivity contribution is -0.119. The van der Waals surface area contributed by atoms with E-state index in [4.69, 9.17) is 28.6 Å². The molecule has 0 radical (unpaired) electrons. The van der Waals surface area contributed by atoms with Crippen LogP contribution in [0.3, 0.4) is 0 Å². The van der Waals surface area contributed by atoms with E-state index in [-0.39, 0.29) is 17.4 Å². The maximum Gasteiger partial charge on any atom is 0.230 e. The molecule has 0 saturated heterocycles. The third-order valence-corrected chi connectivity index (χ3v) is 3.41. The van der Waals surface area contributed by atoms with Gasteiger partial charge in [0.15, 0.2) is 5.11 Å². The Balaban J connectivity index is 1.83. The first-order valence-electron chi connectivity index (χ1n) is 7.15. The third kappa shape index (κ3) is 5.88. The van der Waals surface area contributed by atoms with Gasteiger partial charge in [-0.3, -0.25) is 4.79 Å². The highest BCUT2D eigenvalue weighted by Gasteiger charge is 2.06. The number of benzene rings is 2. The molecule has 2 aromatic carbocycles. The average molecular weight is 349 g/mol. The lowest BCUT2D eigenvalue weighted by Crippen LogP contribution is -2.35. The predicted octanol–water partition coefficient (Wildman–Crippen LogP) is 3.79. The van der Waals surface area contributed by atoms with Gasteiger partial charge in [-0.05, 0) is 61.1 Å². The Morgan fingerprint density at radius 2 is 1.78 bits per heavy atom. The van der Waals surface area contributed by atoms with Gasteiger partial charge in [-0.1, -0.05) is 23.7 Å². The molecule has 0 atom stereocenters. The maximum absolute atomic E-state index is 11.9. The van der Waals surface area contributed by atoms with E-state index in [1.165, 1.54) is 0 Å². The lowest BCUT2D eigenvalue weighted by Gasteiger charge is -2.10. The summed E-state index contributed by atoms with van der Waals surface area (Å²) in [6.45, 7) is 2.55. The molecule has 0 aromatic heterocycles. The summed E-state index contributed by atoms with van der Waals surface area (Å²) in [4.78, 5) is 11.9. The molecule has 2 N–H and O–H groups in total. The van der Waals surface area contributed by atoms with Crippen LogP contribution in [0.1, 0.15) is 12.5 Å². The molecule has 0 aliphatic rings. The zero-order valence-electron chi connectivity index (χ0n) is 12.6. The van der Waals surface area contributed by atoms with Crippen LogP contribution in [-0.4, -0.2) is 17.6 Å². The van der Waals surface area contributed by atoms with Crippen molar-refractivity contribution in [3.63, 3.8) is 0 Å². The second kappa shape index (κ2) is 8.50. The second-order valence-corrected chi connectivity index (χ2v) is 5.61. The molecule has 2 aromatic rings. The second-order valence-electron chi connectivity index (χ2n) is 4.76. The number of carbonyl (C=O) groups is 1. The maximum atomic E-state index is 11.9. The van der Waals surface area contributed by atoms with E-state index in [1.54, 1.807) is 12.1 Å². The highest BCUT2D eigenvalue weighted by molar-refractivity contribution is 7.80. The van der Waals surface area contributed by atoms with Crippen molar-refractivity contribution >= 4 is 40.5 Å². The Morgan fingerprint density at radius 1 is 1.13 bits per heavy atom. The molecule has 6 heteroatoms. The van der Waals surface area contributed by atoms with Crippen LogP contribution in [0.15, 0.2) is 48.5 Å². The van der Waals surface area contributed by atoms with Crippen LogP contribution in [0.4, 0.5) is 5.69 Å². The first kappa shape index (κ1) is 17.2. The minimum Gasteiger partial charge on any atom is -0.494 e. The third-order valence-electron chi connectivity index (χ3n) is 2.95. The lowest BCUT2D eigenvalue weighted by atomic mass is 10.1. The number of carbonyl (C=O) groups excluding carboxylic acids is 1. The Labute approximate surface area is 145 Å². The van der Waals surface area contributed by atoms with Crippen LogP contribution in [0.5, 0.6) is 5.75 Å². The number of halogens is 1. The van der Waals surface area contributed by atoms with Crippen molar-refractivity contribution in [1.29, 1.82) is 0 Å². The number of hydrogen-bond donors (Lipinski definition) is 2. The zero-order valence-corrected chi connectivity index (χ0v) is 14.2. The number of ether oxygens (including phenoxy) is 1. The number of thiocarbonyl (C=S) groups is 1. The number of anilines is 1. The summed E-state index contributed by atoms with van der Waals surface area (Å²) in [5.41, 5.74) is 1.65. The standard InChI is InChI=1S/C17H17ClN2O2S/c1-2-22-15-9-7-14(8-10-15)19-17(23)20-16(21)11-12-3-5-13(18)6-4-12/h3-10H,2,11H2,1H3,(H2,19,20,21,23). The summed E-state index contributed by atoms with van der Waals surface area (Å²) in [6, 6.07) is 14.5. The molecule has 1 amide bonds. The van der Waals surface area contributed by atoms with Crippen molar-refractivity contribution in [2.24, 2.45) is 0 Å². The Hall–Kier alpha value is -2.11. The molecule has 0 spiro atoms. The summed E-state index contributed by atoms with van der Waals surface area (Å²) < 4.78 is 5.37. The predicted molar refractivity (Wildman–Crippen MR) is 97.1 cm³/mol. The van der Waals surface area contributed by atoms with Crippen molar-refractivity contribution in [3.8, 4) is 5.75 Å². The fourth-order valence-corrected chi connectivity index (χ4v) is 2.28. The monoisotopic (exact) mass is 348 g/mol. The zero-order chi connectivity index (χ0) is 16.7. The molecule has 0 unspecified atom stereocenters. The Bertz CT molecular complexity index is 672.